The van der Waals surface area contributed by atoms with Gasteiger partial charge in [0.1, 0.15) is 5.75 Å². The molecule has 0 amide bonds. The Kier molecular flexibility index (Phi) is 3.94. The van der Waals surface area contributed by atoms with E-state index in [1.807, 2.05) is 0 Å². The van der Waals surface area contributed by atoms with Crippen LogP contribution in [0.5, 0.6) is 5.75 Å². The fraction of sp³-hybridized carbons (Fsp3) is 0.333. The van der Waals surface area contributed by atoms with Gasteiger partial charge in [-0.1, -0.05) is 12.1 Å². The molecule has 0 radical (unpaired) electrons. The molecule has 0 spiro atoms. The Morgan fingerprint density at radius 2 is 2.00 bits per heavy atom. The summed E-state index contributed by atoms with van der Waals surface area (Å²) in [6.45, 7) is 0.379. The molecular weight excluding hydrogens is 183 g/mol. The smallest absolute Gasteiger partial charge is 0.488 e. The molecule has 0 aliphatic rings. The molecule has 1 aromatic rings. The van der Waals surface area contributed by atoms with E-state index >= 15 is 0 Å². The molecule has 4 nitrogen and oxygen atoms in total. The van der Waals surface area contributed by atoms with Crippen molar-refractivity contribution in [1.29, 1.82) is 0 Å². The molecule has 0 unspecified atom stereocenters. The predicted molar refractivity (Wildman–Crippen MR) is 53.5 cm³/mol. The van der Waals surface area contributed by atoms with Gasteiger partial charge in [0.25, 0.3) is 0 Å². The largest absolute Gasteiger partial charge is 0.496 e. The van der Waals surface area contributed by atoms with E-state index in [1.54, 1.807) is 32.4 Å². The van der Waals surface area contributed by atoms with Crippen LogP contribution in [0.15, 0.2) is 18.2 Å². The first-order chi connectivity index (χ1) is 6.69. The highest BCUT2D eigenvalue weighted by Crippen LogP contribution is 2.16. The van der Waals surface area contributed by atoms with Crippen LogP contribution in [0.4, 0.5) is 0 Å². The van der Waals surface area contributed by atoms with Gasteiger partial charge in [-0.3, -0.25) is 0 Å². The fourth-order valence-electron chi connectivity index (χ4n) is 1.23. The minimum atomic E-state index is -1.46. The van der Waals surface area contributed by atoms with E-state index in [2.05, 4.69) is 0 Å². The van der Waals surface area contributed by atoms with E-state index in [0.29, 0.717) is 17.8 Å². The highest BCUT2D eigenvalue weighted by molar-refractivity contribution is 6.58. The van der Waals surface area contributed by atoms with E-state index in [9.17, 15) is 0 Å². The topological polar surface area (TPSA) is 58.9 Å². The van der Waals surface area contributed by atoms with Gasteiger partial charge in [-0.2, -0.15) is 0 Å². The first-order valence-electron chi connectivity index (χ1n) is 4.21. The van der Waals surface area contributed by atoms with E-state index in [4.69, 9.17) is 19.5 Å². The lowest BCUT2D eigenvalue weighted by Gasteiger charge is -2.09. The summed E-state index contributed by atoms with van der Waals surface area (Å²) in [5, 5.41) is 17.9. The Hall–Kier alpha value is -1.04. The van der Waals surface area contributed by atoms with E-state index in [-0.39, 0.29) is 0 Å². The van der Waals surface area contributed by atoms with Gasteiger partial charge in [-0.15, -0.1) is 0 Å². The summed E-state index contributed by atoms with van der Waals surface area (Å²) in [6.07, 6.45) is 0. The zero-order valence-electron chi connectivity index (χ0n) is 8.23. The molecule has 0 atom stereocenters. The second kappa shape index (κ2) is 5.00. The molecule has 0 bridgehead atoms. The van der Waals surface area contributed by atoms with Crippen molar-refractivity contribution in [1.82, 2.24) is 0 Å². The Bertz CT molecular complexity index is 301. The van der Waals surface area contributed by atoms with Crippen LogP contribution in [0.2, 0.25) is 0 Å². The average molecular weight is 196 g/mol. The highest BCUT2D eigenvalue weighted by Gasteiger charge is 2.13. The molecule has 14 heavy (non-hydrogen) atoms. The van der Waals surface area contributed by atoms with Crippen LogP contribution in [0.1, 0.15) is 5.56 Å². The lowest BCUT2D eigenvalue weighted by atomic mass is 9.79. The molecule has 0 fully saturated rings. The van der Waals surface area contributed by atoms with Gasteiger partial charge in [0.2, 0.25) is 0 Å². The predicted octanol–water partition coefficient (Wildman–Crippen LogP) is -0.479. The zero-order chi connectivity index (χ0) is 10.6. The number of ether oxygens (including phenoxy) is 2. The van der Waals surface area contributed by atoms with E-state index in [0.717, 1.165) is 5.56 Å². The van der Waals surface area contributed by atoms with Crippen LogP contribution in [-0.4, -0.2) is 31.4 Å². The molecule has 1 aromatic carbocycles. The van der Waals surface area contributed by atoms with Gasteiger partial charge in [-0.25, -0.2) is 0 Å². The van der Waals surface area contributed by atoms with Crippen LogP contribution in [0.3, 0.4) is 0 Å². The summed E-state index contributed by atoms with van der Waals surface area (Å²) in [5.74, 6) is 0.677. The summed E-state index contributed by atoms with van der Waals surface area (Å²) >= 11 is 0. The van der Waals surface area contributed by atoms with Crippen LogP contribution in [0, 0.1) is 0 Å². The Morgan fingerprint density at radius 1 is 1.29 bits per heavy atom. The van der Waals surface area contributed by atoms with Crippen molar-refractivity contribution in [3.63, 3.8) is 0 Å². The quantitative estimate of drug-likeness (QED) is 0.638. The Labute approximate surface area is 83.2 Å². The molecule has 5 heteroatoms. The van der Waals surface area contributed by atoms with Gasteiger partial charge < -0.3 is 19.5 Å². The summed E-state index contributed by atoms with van der Waals surface area (Å²) < 4.78 is 10.1. The lowest BCUT2D eigenvalue weighted by Crippen LogP contribution is -2.30. The van der Waals surface area contributed by atoms with Gasteiger partial charge in [0.05, 0.1) is 13.7 Å². The first-order valence-corrected chi connectivity index (χ1v) is 4.21. The first kappa shape index (κ1) is 11.0. The SMILES string of the molecule is COCc1cc(B(O)O)ccc1OC. The third-order valence-electron chi connectivity index (χ3n) is 1.90. The molecule has 2 N–H and O–H groups in total. The van der Waals surface area contributed by atoms with Crippen molar-refractivity contribution in [2.24, 2.45) is 0 Å². The summed E-state index contributed by atoms with van der Waals surface area (Å²) in [6, 6.07) is 4.93. The third-order valence-corrected chi connectivity index (χ3v) is 1.90. The number of methoxy groups -OCH3 is 2. The standard InChI is InChI=1S/C9H13BO4/c1-13-6-7-5-8(10(11)12)3-4-9(7)14-2/h3-5,11-12H,6H2,1-2H3. The van der Waals surface area contributed by atoms with Crippen molar-refractivity contribution >= 4 is 12.6 Å². The van der Waals surface area contributed by atoms with Crippen molar-refractivity contribution in [2.75, 3.05) is 14.2 Å². The van der Waals surface area contributed by atoms with Crippen LogP contribution >= 0.6 is 0 Å². The van der Waals surface area contributed by atoms with Crippen LogP contribution < -0.4 is 10.2 Å². The number of benzene rings is 1. The molecular formula is C9H13BO4. The van der Waals surface area contributed by atoms with Gasteiger partial charge in [0, 0.05) is 12.7 Å². The lowest BCUT2D eigenvalue weighted by molar-refractivity contribution is 0.181. The zero-order valence-corrected chi connectivity index (χ0v) is 8.23. The average Bonchev–Trinajstić information content (AvgIpc) is 2.18. The van der Waals surface area contributed by atoms with Crippen molar-refractivity contribution in [2.45, 2.75) is 6.61 Å². The van der Waals surface area contributed by atoms with Gasteiger partial charge in [-0.05, 0) is 11.5 Å². The van der Waals surface area contributed by atoms with Gasteiger partial charge in [0.15, 0.2) is 0 Å². The molecule has 0 aliphatic heterocycles. The molecule has 0 saturated carbocycles. The van der Waals surface area contributed by atoms with Crippen molar-refractivity contribution in [3.05, 3.63) is 23.8 Å². The van der Waals surface area contributed by atoms with E-state index < -0.39 is 7.12 Å². The summed E-state index contributed by atoms with van der Waals surface area (Å²) in [7, 11) is 1.67. The Balaban J connectivity index is 3.01. The maximum absolute atomic E-state index is 8.95. The van der Waals surface area contributed by atoms with Crippen LogP contribution in [0.25, 0.3) is 0 Å². The number of hydrogen-bond acceptors (Lipinski definition) is 4. The molecule has 1 rings (SSSR count). The maximum atomic E-state index is 8.95. The molecule has 0 saturated heterocycles. The third kappa shape index (κ3) is 2.48. The number of hydrogen-bond donors (Lipinski definition) is 2. The fourth-order valence-corrected chi connectivity index (χ4v) is 1.23. The second-order valence-electron chi connectivity index (χ2n) is 2.88. The molecule has 0 aliphatic carbocycles. The van der Waals surface area contributed by atoms with E-state index in [1.165, 1.54) is 0 Å². The normalized spacial score (nSPS) is 10.0. The minimum absolute atomic E-state index is 0.379. The Morgan fingerprint density at radius 3 is 2.50 bits per heavy atom. The van der Waals surface area contributed by atoms with Crippen molar-refractivity contribution < 1.29 is 19.5 Å². The molecule has 76 valence electrons. The van der Waals surface area contributed by atoms with Crippen LogP contribution in [-0.2, 0) is 11.3 Å². The maximum Gasteiger partial charge on any atom is 0.488 e. The molecule has 0 aromatic heterocycles. The second-order valence-corrected chi connectivity index (χ2v) is 2.88. The molecule has 0 heterocycles. The highest BCUT2D eigenvalue weighted by atomic mass is 16.5. The minimum Gasteiger partial charge on any atom is -0.496 e. The number of rotatable bonds is 4. The van der Waals surface area contributed by atoms with Gasteiger partial charge >= 0.3 is 7.12 Å². The monoisotopic (exact) mass is 196 g/mol. The van der Waals surface area contributed by atoms with Crippen molar-refractivity contribution in [3.8, 4) is 5.75 Å². The summed E-state index contributed by atoms with van der Waals surface area (Å²) in [4.78, 5) is 0. The summed E-state index contributed by atoms with van der Waals surface area (Å²) in [5.41, 5.74) is 1.22.